The van der Waals surface area contributed by atoms with Gasteiger partial charge in [0.2, 0.25) is 5.90 Å². The summed E-state index contributed by atoms with van der Waals surface area (Å²) >= 11 is 6.10. The lowest BCUT2D eigenvalue weighted by molar-refractivity contribution is 0.516. The average molecular weight is 384 g/mol. The predicted octanol–water partition coefficient (Wildman–Crippen LogP) is 5.58. The number of imidazole rings is 1. The van der Waals surface area contributed by atoms with E-state index in [4.69, 9.17) is 26.3 Å². The summed E-state index contributed by atoms with van der Waals surface area (Å²) in [7, 11) is 0. The highest BCUT2D eigenvalue weighted by Gasteiger charge is 2.33. The second kappa shape index (κ2) is 5.81. The molecular weight excluding hydrogens is 370 g/mol. The summed E-state index contributed by atoms with van der Waals surface area (Å²) in [5.41, 5.74) is 4.94. The Hall–Kier alpha value is -3.37. The molecule has 0 amide bonds. The van der Waals surface area contributed by atoms with Crippen molar-refractivity contribution in [3.8, 4) is 5.75 Å². The average Bonchev–Trinajstić information content (AvgIpc) is 3.12. The molecule has 0 N–H and O–H groups in total. The number of rotatable bonds is 1. The van der Waals surface area contributed by atoms with Crippen LogP contribution in [0.25, 0.3) is 22.7 Å². The number of fused-ring (bicyclic) bond motifs is 6. The molecule has 0 radical (unpaired) electrons. The molecule has 0 unspecified atom stereocenters. The molecule has 3 aromatic carbocycles. The van der Waals surface area contributed by atoms with Crippen molar-refractivity contribution in [1.82, 2.24) is 9.55 Å². The standard InChI is InChI=1S/C23H14ClN3O/c24-16-11-9-14(10-12-16)21-26-23-17(13-15-5-1-4-8-20(15)28-23)22-25-18-6-2-3-7-19(18)27(21)22/h1-13,21H/t21-/m0/s1. The molecule has 3 heterocycles. The lowest BCUT2D eigenvalue weighted by Crippen LogP contribution is -2.26. The van der Waals surface area contributed by atoms with E-state index in [9.17, 15) is 0 Å². The molecule has 6 rings (SSSR count). The van der Waals surface area contributed by atoms with E-state index in [1.54, 1.807) is 0 Å². The minimum Gasteiger partial charge on any atom is -0.438 e. The summed E-state index contributed by atoms with van der Waals surface area (Å²) in [6.45, 7) is 0. The van der Waals surface area contributed by atoms with Gasteiger partial charge in [-0.3, -0.25) is 4.57 Å². The second-order valence-electron chi connectivity index (χ2n) is 6.85. The quantitative estimate of drug-likeness (QED) is 0.430. The zero-order chi connectivity index (χ0) is 18.7. The van der Waals surface area contributed by atoms with Crippen LogP contribution in [0.15, 0.2) is 77.8 Å². The number of halogens is 1. The number of hydrogen-bond acceptors (Lipinski definition) is 3. The van der Waals surface area contributed by atoms with Crippen LogP contribution >= 0.6 is 11.6 Å². The van der Waals surface area contributed by atoms with Gasteiger partial charge >= 0.3 is 0 Å². The van der Waals surface area contributed by atoms with E-state index in [0.29, 0.717) is 10.9 Å². The molecule has 4 nitrogen and oxygen atoms in total. The maximum atomic E-state index is 6.17. The van der Waals surface area contributed by atoms with Crippen molar-refractivity contribution in [3.05, 3.63) is 94.8 Å². The maximum Gasteiger partial charge on any atom is 0.228 e. The van der Waals surface area contributed by atoms with E-state index >= 15 is 0 Å². The van der Waals surface area contributed by atoms with Gasteiger partial charge < -0.3 is 4.74 Å². The van der Waals surface area contributed by atoms with Crippen molar-refractivity contribution in [2.24, 2.45) is 4.99 Å². The fourth-order valence-corrected chi connectivity index (χ4v) is 3.96. The van der Waals surface area contributed by atoms with Gasteiger partial charge in [-0.05, 0) is 42.0 Å². The third kappa shape index (κ3) is 2.25. The van der Waals surface area contributed by atoms with Crippen molar-refractivity contribution in [3.63, 3.8) is 0 Å². The molecule has 5 heteroatoms. The van der Waals surface area contributed by atoms with Crippen LogP contribution in [0.5, 0.6) is 5.75 Å². The topological polar surface area (TPSA) is 39.4 Å². The van der Waals surface area contributed by atoms with Gasteiger partial charge in [-0.2, -0.15) is 0 Å². The van der Waals surface area contributed by atoms with Gasteiger partial charge in [0, 0.05) is 10.6 Å². The molecule has 1 aromatic heterocycles. The molecule has 0 fully saturated rings. The minimum atomic E-state index is -0.267. The monoisotopic (exact) mass is 383 g/mol. The SMILES string of the molecule is Clc1ccc([C@H]2N=C3Oc4ccccc4C=C3c3nc4ccccc4n32)cc1. The molecule has 2 aliphatic rings. The Balaban J connectivity index is 1.65. The van der Waals surface area contributed by atoms with Crippen molar-refractivity contribution in [2.45, 2.75) is 6.17 Å². The molecule has 0 saturated carbocycles. The normalized spacial score (nSPS) is 17.1. The highest BCUT2D eigenvalue weighted by molar-refractivity contribution is 6.30. The number of nitrogens with zero attached hydrogens (tertiary/aromatic N) is 3. The van der Waals surface area contributed by atoms with Crippen LogP contribution in [0, 0.1) is 0 Å². The summed E-state index contributed by atoms with van der Waals surface area (Å²) in [6, 6.07) is 23.9. The molecule has 4 aromatic rings. The fourth-order valence-electron chi connectivity index (χ4n) is 3.83. The van der Waals surface area contributed by atoms with E-state index in [-0.39, 0.29) is 6.17 Å². The molecule has 2 aliphatic heterocycles. The molecule has 134 valence electrons. The Morgan fingerprint density at radius 3 is 2.57 bits per heavy atom. The Labute approximate surface area is 166 Å². The first-order chi connectivity index (χ1) is 13.8. The molecule has 0 saturated heterocycles. The minimum absolute atomic E-state index is 0.267. The molecule has 1 atom stereocenters. The van der Waals surface area contributed by atoms with Gasteiger partial charge in [0.1, 0.15) is 11.6 Å². The molecule has 0 aliphatic carbocycles. The van der Waals surface area contributed by atoms with Crippen LogP contribution in [0.2, 0.25) is 5.02 Å². The number of aromatic nitrogens is 2. The number of aliphatic imine (C=N–C) groups is 1. The fraction of sp³-hybridized carbons (Fsp3) is 0.0435. The number of hydrogen-bond donors (Lipinski definition) is 0. The largest absolute Gasteiger partial charge is 0.438 e. The van der Waals surface area contributed by atoms with Crippen LogP contribution in [0.1, 0.15) is 23.1 Å². The predicted molar refractivity (Wildman–Crippen MR) is 112 cm³/mol. The van der Waals surface area contributed by atoms with Crippen LogP contribution in [-0.2, 0) is 0 Å². The summed E-state index contributed by atoms with van der Waals surface area (Å²) in [5.74, 6) is 2.27. The summed E-state index contributed by atoms with van der Waals surface area (Å²) in [6.07, 6.45) is 1.84. The van der Waals surface area contributed by atoms with Gasteiger partial charge in [0.05, 0.1) is 16.6 Å². The van der Waals surface area contributed by atoms with E-state index in [1.807, 2.05) is 66.7 Å². The Morgan fingerprint density at radius 2 is 1.68 bits per heavy atom. The van der Waals surface area contributed by atoms with Gasteiger partial charge in [-0.1, -0.05) is 54.1 Å². The zero-order valence-electron chi connectivity index (χ0n) is 14.7. The van der Waals surface area contributed by atoms with Gasteiger partial charge in [0.15, 0.2) is 6.17 Å². The third-order valence-electron chi connectivity index (χ3n) is 5.14. The Kier molecular flexibility index (Phi) is 3.25. The first-order valence-electron chi connectivity index (χ1n) is 9.07. The molecule has 28 heavy (non-hydrogen) atoms. The highest BCUT2D eigenvalue weighted by Crippen LogP contribution is 2.40. The first kappa shape index (κ1) is 15.7. The van der Waals surface area contributed by atoms with Crippen LogP contribution in [0.4, 0.5) is 0 Å². The smallest absolute Gasteiger partial charge is 0.228 e. The molecule has 0 bridgehead atoms. The van der Waals surface area contributed by atoms with Crippen molar-refractivity contribution < 1.29 is 4.74 Å². The Bertz CT molecular complexity index is 1300. The summed E-state index contributed by atoms with van der Waals surface area (Å²) < 4.78 is 8.34. The van der Waals surface area contributed by atoms with E-state index < -0.39 is 0 Å². The lowest BCUT2D eigenvalue weighted by atomic mass is 10.0. The maximum absolute atomic E-state index is 6.17. The summed E-state index contributed by atoms with van der Waals surface area (Å²) in [5, 5.41) is 0.700. The van der Waals surface area contributed by atoms with Crippen molar-refractivity contribution in [2.75, 3.05) is 0 Å². The second-order valence-corrected chi connectivity index (χ2v) is 7.29. The van der Waals surface area contributed by atoms with Gasteiger partial charge in [-0.25, -0.2) is 9.98 Å². The van der Waals surface area contributed by atoms with Crippen LogP contribution in [0.3, 0.4) is 0 Å². The van der Waals surface area contributed by atoms with Gasteiger partial charge in [0.25, 0.3) is 0 Å². The zero-order valence-corrected chi connectivity index (χ0v) is 15.5. The third-order valence-corrected chi connectivity index (χ3v) is 5.40. The number of benzene rings is 3. The first-order valence-corrected chi connectivity index (χ1v) is 9.45. The van der Waals surface area contributed by atoms with Gasteiger partial charge in [-0.15, -0.1) is 0 Å². The van der Waals surface area contributed by atoms with E-state index in [1.165, 1.54) is 0 Å². The van der Waals surface area contributed by atoms with Crippen LogP contribution in [-0.4, -0.2) is 15.4 Å². The number of para-hydroxylation sites is 3. The molecular formula is C23H14ClN3O. The van der Waals surface area contributed by atoms with Crippen molar-refractivity contribution in [1.29, 1.82) is 0 Å². The highest BCUT2D eigenvalue weighted by atomic mass is 35.5. The van der Waals surface area contributed by atoms with E-state index in [0.717, 1.165) is 39.3 Å². The Morgan fingerprint density at radius 1 is 0.893 bits per heavy atom. The summed E-state index contributed by atoms with van der Waals surface area (Å²) in [4.78, 5) is 9.88. The van der Waals surface area contributed by atoms with E-state index in [2.05, 4.69) is 16.7 Å². The molecule has 0 spiro atoms. The number of ether oxygens (including phenoxy) is 1. The lowest BCUT2D eigenvalue weighted by Gasteiger charge is -2.28. The van der Waals surface area contributed by atoms with Crippen LogP contribution < -0.4 is 4.74 Å². The van der Waals surface area contributed by atoms with Crippen molar-refractivity contribution >= 4 is 40.2 Å².